The molecule has 22 heavy (non-hydrogen) atoms. The molecular weight excluding hydrogens is 270 g/mol. The summed E-state index contributed by atoms with van der Waals surface area (Å²) in [6, 6.07) is 10.3. The lowest BCUT2D eigenvalue weighted by Gasteiger charge is -2.18. The molecule has 1 rings (SSSR count). The molecule has 0 aliphatic rings. The lowest BCUT2D eigenvalue weighted by molar-refractivity contribution is 0.128. The van der Waals surface area contributed by atoms with Gasteiger partial charge in [-0.3, -0.25) is 0 Å². The first-order valence-electron chi connectivity index (χ1n) is 9.21. The van der Waals surface area contributed by atoms with Crippen LogP contribution < -0.4 is 5.73 Å². The van der Waals surface area contributed by atoms with Gasteiger partial charge in [-0.05, 0) is 24.8 Å². The molecule has 2 atom stereocenters. The van der Waals surface area contributed by atoms with Crippen LogP contribution in [0.25, 0.3) is 0 Å². The van der Waals surface area contributed by atoms with Crippen molar-refractivity contribution in [1.82, 2.24) is 0 Å². The number of hydrogen-bond donors (Lipinski definition) is 2. The van der Waals surface area contributed by atoms with E-state index in [4.69, 9.17) is 5.73 Å². The maximum atomic E-state index is 10.1. The van der Waals surface area contributed by atoms with Crippen molar-refractivity contribution < 1.29 is 5.11 Å². The quantitative estimate of drug-likeness (QED) is 0.512. The van der Waals surface area contributed by atoms with E-state index in [9.17, 15) is 5.11 Å². The Labute approximate surface area is 137 Å². The van der Waals surface area contributed by atoms with Crippen molar-refractivity contribution in [2.45, 2.75) is 89.7 Å². The van der Waals surface area contributed by atoms with E-state index in [0.717, 1.165) is 25.7 Å². The molecule has 0 heterocycles. The maximum absolute atomic E-state index is 10.1. The van der Waals surface area contributed by atoms with E-state index in [-0.39, 0.29) is 12.1 Å². The highest BCUT2D eigenvalue weighted by molar-refractivity contribution is 5.14. The number of benzene rings is 1. The summed E-state index contributed by atoms with van der Waals surface area (Å²) in [6.45, 7) is 2.25. The van der Waals surface area contributed by atoms with E-state index < -0.39 is 0 Å². The van der Waals surface area contributed by atoms with E-state index in [1.165, 1.54) is 50.5 Å². The van der Waals surface area contributed by atoms with Gasteiger partial charge in [0.15, 0.2) is 0 Å². The van der Waals surface area contributed by atoms with Gasteiger partial charge in [0.2, 0.25) is 0 Å². The first kappa shape index (κ1) is 19.2. The molecule has 0 radical (unpaired) electrons. The number of nitrogens with two attached hydrogens (primary N) is 1. The van der Waals surface area contributed by atoms with E-state index in [1.54, 1.807) is 0 Å². The molecule has 2 unspecified atom stereocenters. The van der Waals surface area contributed by atoms with Crippen molar-refractivity contribution in [2.75, 3.05) is 0 Å². The molecular formula is C20H35NO. The second-order valence-electron chi connectivity index (χ2n) is 6.52. The summed E-state index contributed by atoms with van der Waals surface area (Å²) in [6.07, 6.45) is 12.7. The van der Waals surface area contributed by atoms with Crippen LogP contribution in [-0.2, 0) is 6.42 Å². The highest BCUT2D eigenvalue weighted by Crippen LogP contribution is 2.13. The van der Waals surface area contributed by atoms with Crippen molar-refractivity contribution in [3.05, 3.63) is 35.9 Å². The second kappa shape index (κ2) is 12.7. The van der Waals surface area contributed by atoms with Crippen molar-refractivity contribution >= 4 is 0 Å². The predicted octanol–water partition coefficient (Wildman–Crippen LogP) is 4.84. The smallest absolute Gasteiger partial charge is 0.0691 e. The van der Waals surface area contributed by atoms with Gasteiger partial charge in [0.05, 0.1) is 6.10 Å². The fourth-order valence-corrected chi connectivity index (χ4v) is 2.87. The topological polar surface area (TPSA) is 46.2 Å². The number of aliphatic hydroxyl groups excluding tert-OH is 1. The van der Waals surface area contributed by atoms with E-state index in [2.05, 4.69) is 31.2 Å². The minimum Gasteiger partial charge on any atom is -0.392 e. The Kier molecular flexibility index (Phi) is 11.0. The van der Waals surface area contributed by atoms with Crippen molar-refractivity contribution in [2.24, 2.45) is 5.73 Å². The van der Waals surface area contributed by atoms with Gasteiger partial charge >= 0.3 is 0 Å². The van der Waals surface area contributed by atoms with Crippen molar-refractivity contribution in [3.8, 4) is 0 Å². The van der Waals surface area contributed by atoms with E-state index in [1.807, 2.05) is 6.07 Å². The standard InChI is InChI=1S/C20H35NO/c1-2-3-4-5-6-7-8-12-15-20(22)19(21)17-16-18-13-10-9-11-14-18/h9-11,13-14,19-20,22H,2-8,12,15-17,21H2,1H3. The molecule has 3 N–H and O–H groups in total. The monoisotopic (exact) mass is 305 g/mol. The Morgan fingerprint density at radius 3 is 2.09 bits per heavy atom. The van der Waals surface area contributed by atoms with Crippen LogP contribution in [0.2, 0.25) is 0 Å². The summed E-state index contributed by atoms with van der Waals surface area (Å²) in [5.74, 6) is 0. The van der Waals surface area contributed by atoms with Gasteiger partial charge in [-0.1, -0.05) is 88.6 Å². The SMILES string of the molecule is CCCCCCCCCCC(O)C(N)CCc1ccccc1. The number of unbranched alkanes of at least 4 members (excludes halogenated alkanes) is 7. The highest BCUT2D eigenvalue weighted by Gasteiger charge is 2.14. The zero-order valence-electron chi connectivity index (χ0n) is 14.3. The van der Waals surface area contributed by atoms with Crippen LogP contribution in [0.5, 0.6) is 0 Å². The summed E-state index contributed by atoms with van der Waals surface area (Å²) >= 11 is 0. The molecule has 1 aromatic carbocycles. The van der Waals surface area contributed by atoms with Crippen LogP contribution in [0.1, 0.15) is 76.7 Å². The Morgan fingerprint density at radius 2 is 1.45 bits per heavy atom. The Balaban J connectivity index is 2.00. The average molecular weight is 306 g/mol. The third-order valence-electron chi connectivity index (χ3n) is 4.46. The molecule has 126 valence electrons. The van der Waals surface area contributed by atoms with Gasteiger partial charge in [-0.15, -0.1) is 0 Å². The molecule has 0 spiro atoms. The summed E-state index contributed by atoms with van der Waals surface area (Å²) in [5, 5.41) is 10.1. The molecule has 0 aliphatic heterocycles. The normalized spacial score (nSPS) is 14.0. The van der Waals surface area contributed by atoms with Crippen LogP contribution in [0.3, 0.4) is 0 Å². The Hall–Kier alpha value is -0.860. The first-order chi connectivity index (χ1) is 10.7. The number of aliphatic hydroxyl groups is 1. The molecule has 0 saturated carbocycles. The van der Waals surface area contributed by atoms with Crippen LogP contribution >= 0.6 is 0 Å². The van der Waals surface area contributed by atoms with E-state index >= 15 is 0 Å². The Bertz CT molecular complexity index is 352. The fraction of sp³-hybridized carbons (Fsp3) is 0.700. The van der Waals surface area contributed by atoms with Gasteiger partial charge in [0, 0.05) is 6.04 Å². The summed E-state index contributed by atoms with van der Waals surface area (Å²) in [7, 11) is 0. The average Bonchev–Trinajstić information content (AvgIpc) is 2.55. The third kappa shape index (κ3) is 9.22. The molecule has 0 fully saturated rings. The zero-order chi connectivity index (χ0) is 16.0. The molecule has 0 aromatic heterocycles. The lowest BCUT2D eigenvalue weighted by atomic mass is 9.98. The summed E-state index contributed by atoms with van der Waals surface area (Å²) in [5.41, 5.74) is 7.41. The van der Waals surface area contributed by atoms with Gasteiger partial charge in [-0.2, -0.15) is 0 Å². The third-order valence-corrected chi connectivity index (χ3v) is 4.46. The number of hydrogen-bond acceptors (Lipinski definition) is 2. The second-order valence-corrected chi connectivity index (χ2v) is 6.52. The highest BCUT2D eigenvalue weighted by atomic mass is 16.3. The Morgan fingerprint density at radius 1 is 0.864 bits per heavy atom. The van der Waals surface area contributed by atoms with Gasteiger partial charge in [0.25, 0.3) is 0 Å². The van der Waals surface area contributed by atoms with Crippen molar-refractivity contribution in [3.63, 3.8) is 0 Å². The zero-order valence-corrected chi connectivity index (χ0v) is 14.3. The maximum Gasteiger partial charge on any atom is 0.0691 e. The van der Waals surface area contributed by atoms with Crippen LogP contribution in [0, 0.1) is 0 Å². The predicted molar refractivity (Wildman–Crippen MR) is 96.0 cm³/mol. The summed E-state index contributed by atoms with van der Waals surface area (Å²) in [4.78, 5) is 0. The van der Waals surface area contributed by atoms with Crippen LogP contribution in [0.4, 0.5) is 0 Å². The number of rotatable bonds is 13. The summed E-state index contributed by atoms with van der Waals surface area (Å²) < 4.78 is 0. The van der Waals surface area contributed by atoms with Crippen molar-refractivity contribution in [1.29, 1.82) is 0 Å². The first-order valence-corrected chi connectivity index (χ1v) is 9.21. The molecule has 0 amide bonds. The van der Waals surface area contributed by atoms with Gasteiger partial charge < -0.3 is 10.8 Å². The van der Waals surface area contributed by atoms with E-state index in [0.29, 0.717) is 0 Å². The van der Waals surface area contributed by atoms with Gasteiger partial charge in [-0.25, -0.2) is 0 Å². The van der Waals surface area contributed by atoms with Gasteiger partial charge in [0.1, 0.15) is 0 Å². The largest absolute Gasteiger partial charge is 0.392 e. The van der Waals surface area contributed by atoms with Crippen LogP contribution in [0.15, 0.2) is 30.3 Å². The molecule has 0 saturated heterocycles. The number of aryl methyl sites for hydroxylation is 1. The minimum atomic E-state index is -0.344. The lowest BCUT2D eigenvalue weighted by Crippen LogP contribution is -2.35. The molecule has 0 aliphatic carbocycles. The minimum absolute atomic E-state index is 0.0928. The molecule has 1 aromatic rings. The fourth-order valence-electron chi connectivity index (χ4n) is 2.87. The molecule has 2 heteroatoms. The van der Waals surface area contributed by atoms with Crippen LogP contribution in [-0.4, -0.2) is 17.3 Å². The molecule has 2 nitrogen and oxygen atoms in total. The molecule has 0 bridgehead atoms.